The molecule has 4 fully saturated rings. The molecule has 1 aromatic carbocycles. The number of phenolic OH excluding ortho intramolecular Hbond substituents is 2. The van der Waals surface area contributed by atoms with E-state index in [4.69, 9.17) is 4.74 Å². The van der Waals surface area contributed by atoms with Gasteiger partial charge in [0.1, 0.15) is 6.10 Å². The Bertz CT molecular complexity index is 1410. The van der Waals surface area contributed by atoms with Crippen LogP contribution in [0.3, 0.4) is 0 Å². The van der Waals surface area contributed by atoms with Crippen LogP contribution in [-0.2, 0) is 9.53 Å². The van der Waals surface area contributed by atoms with E-state index < -0.39 is 29.7 Å². The Labute approximate surface area is 268 Å². The van der Waals surface area contributed by atoms with Gasteiger partial charge in [-0.2, -0.15) is 0 Å². The lowest BCUT2D eigenvalue weighted by atomic mass is 9.34. The molecule has 6 rings (SSSR count). The predicted octanol–water partition coefficient (Wildman–Crippen LogP) is 6.51. The lowest BCUT2D eigenvalue weighted by molar-refractivity contribution is -0.249. The van der Waals surface area contributed by atoms with Gasteiger partial charge in [0.15, 0.2) is 11.5 Å². The average Bonchev–Trinajstić information content (AvgIpc) is 3.29. The Balaban J connectivity index is 1.27. The molecule has 0 amide bonds. The molecule has 5 N–H and O–H groups in total. The summed E-state index contributed by atoms with van der Waals surface area (Å²) in [6.07, 6.45) is 11.4. The number of fused-ring (bicyclic) bond motifs is 5. The summed E-state index contributed by atoms with van der Waals surface area (Å²) in [7, 11) is 0. The second kappa shape index (κ2) is 10.6. The number of aliphatic hydroxyl groups is 3. The highest BCUT2D eigenvalue weighted by Crippen LogP contribution is 2.75. The van der Waals surface area contributed by atoms with Gasteiger partial charge in [0.2, 0.25) is 0 Å². The van der Waals surface area contributed by atoms with Gasteiger partial charge >= 0.3 is 5.97 Å². The highest BCUT2D eigenvalue weighted by Gasteiger charge is 2.70. The summed E-state index contributed by atoms with van der Waals surface area (Å²) in [5.41, 5.74) is 0.647. The fraction of sp³-hybridized carbons (Fsp3) is 0.711. The quantitative estimate of drug-likeness (QED) is 0.112. The second-order valence-electron chi connectivity index (χ2n) is 17.3. The molecule has 5 aliphatic carbocycles. The number of rotatable bonds is 4. The SMILES string of the molecule is CC1(C)CC[C@@]2(CC[C@]3(C)C(=CC[C@@H]4[C@@]5(C)C[C@@H](O)[C@H](OC(=O)/C=C/c6ccc(O)c(O)c6)[C@@](C)(CO)[C@@H]5CC[C@]43C)[C@@H]2O)C1. The van der Waals surface area contributed by atoms with Crippen molar-refractivity contribution in [2.45, 2.75) is 118 Å². The zero-order valence-corrected chi connectivity index (χ0v) is 28.0. The van der Waals surface area contributed by atoms with Crippen molar-refractivity contribution in [3.05, 3.63) is 41.5 Å². The van der Waals surface area contributed by atoms with Gasteiger partial charge in [0.05, 0.1) is 18.8 Å². The summed E-state index contributed by atoms with van der Waals surface area (Å²) in [5.74, 6) is -0.883. The van der Waals surface area contributed by atoms with Gasteiger partial charge in [-0.05, 0) is 121 Å². The van der Waals surface area contributed by atoms with Crippen molar-refractivity contribution in [3.8, 4) is 11.5 Å². The number of benzene rings is 1. The third-order valence-corrected chi connectivity index (χ3v) is 14.4. The van der Waals surface area contributed by atoms with Gasteiger partial charge in [-0.15, -0.1) is 0 Å². The summed E-state index contributed by atoms with van der Waals surface area (Å²) in [4.78, 5) is 13.0. The van der Waals surface area contributed by atoms with E-state index in [0.717, 1.165) is 51.4 Å². The van der Waals surface area contributed by atoms with Gasteiger partial charge in [-0.1, -0.05) is 53.7 Å². The summed E-state index contributed by atoms with van der Waals surface area (Å²) < 4.78 is 5.94. The summed E-state index contributed by atoms with van der Waals surface area (Å²) in [6, 6.07) is 4.26. The topological polar surface area (TPSA) is 127 Å². The van der Waals surface area contributed by atoms with E-state index in [1.54, 1.807) is 6.07 Å². The number of aromatic hydroxyl groups is 2. The minimum absolute atomic E-state index is 0.0240. The molecule has 5 aliphatic rings. The summed E-state index contributed by atoms with van der Waals surface area (Å²) >= 11 is 0. The molecule has 0 unspecified atom stereocenters. The molecule has 0 radical (unpaired) electrons. The zero-order chi connectivity index (χ0) is 32.8. The molecule has 0 heterocycles. The average molecular weight is 623 g/mol. The molecular weight excluding hydrogens is 568 g/mol. The van der Waals surface area contributed by atoms with Crippen molar-refractivity contribution >= 4 is 12.0 Å². The summed E-state index contributed by atoms with van der Waals surface area (Å²) in [5, 5.41) is 54.1. The van der Waals surface area contributed by atoms with Crippen LogP contribution in [0.15, 0.2) is 35.9 Å². The molecule has 7 heteroatoms. The smallest absolute Gasteiger partial charge is 0.331 e. The van der Waals surface area contributed by atoms with Crippen LogP contribution >= 0.6 is 0 Å². The lowest BCUT2D eigenvalue weighted by Gasteiger charge is -2.71. The maximum absolute atomic E-state index is 13.0. The van der Waals surface area contributed by atoms with E-state index in [1.807, 2.05) is 6.92 Å². The van der Waals surface area contributed by atoms with Crippen LogP contribution in [0.2, 0.25) is 0 Å². The van der Waals surface area contributed by atoms with Crippen LogP contribution < -0.4 is 0 Å². The van der Waals surface area contributed by atoms with E-state index in [9.17, 15) is 30.3 Å². The Kier molecular flexibility index (Phi) is 7.66. The van der Waals surface area contributed by atoms with E-state index in [0.29, 0.717) is 12.0 Å². The first-order valence-corrected chi connectivity index (χ1v) is 17.0. The number of aliphatic hydroxyl groups excluding tert-OH is 3. The number of hydrogen-bond donors (Lipinski definition) is 5. The molecule has 0 aromatic heterocycles. The van der Waals surface area contributed by atoms with Crippen molar-refractivity contribution in [2.24, 2.45) is 44.3 Å². The minimum Gasteiger partial charge on any atom is -0.504 e. The Morgan fingerprint density at radius 3 is 2.31 bits per heavy atom. The van der Waals surface area contributed by atoms with Crippen molar-refractivity contribution in [3.63, 3.8) is 0 Å². The Morgan fingerprint density at radius 1 is 0.956 bits per heavy atom. The molecule has 0 saturated heterocycles. The molecule has 4 saturated carbocycles. The van der Waals surface area contributed by atoms with Gasteiger partial charge in [-0.3, -0.25) is 0 Å². The highest BCUT2D eigenvalue weighted by molar-refractivity contribution is 5.87. The van der Waals surface area contributed by atoms with E-state index in [-0.39, 0.29) is 57.0 Å². The Hall–Kier alpha value is -2.35. The van der Waals surface area contributed by atoms with Crippen molar-refractivity contribution in [1.82, 2.24) is 0 Å². The monoisotopic (exact) mass is 622 g/mol. The molecule has 45 heavy (non-hydrogen) atoms. The van der Waals surface area contributed by atoms with E-state index in [2.05, 4.69) is 40.7 Å². The first-order valence-electron chi connectivity index (χ1n) is 17.0. The van der Waals surface area contributed by atoms with Crippen LogP contribution in [0.5, 0.6) is 11.5 Å². The molecule has 1 aromatic rings. The van der Waals surface area contributed by atoms with Crippen LogP contribution in [0.1, 0.15) is 105 Å². The number of allylic oxidation sites excluding steroid dienone is 1. The standard InChI is InChI=1S/C38H54O7/c1-33(2)15-17-38(21-33)18-16-36(5)24(31(38)44)9-11-29-34(3)20-27(42)32(35(4,22-39)28(34)13-14-37(29,36)6)45-30(43)12-8-23-7-10-25(40)26(41)19-23/h7-10,12,19,27-29,31-32,39-42,44H,11,13-18,20-22H2,1-6H3/b12-8+/t27-,28-,29-,31+,32+,34+,35+,36-,37-,38-/m1/s1. The highest BCUT2D eigenvalue weighted by atomic mass is 16.6. The maximum Gasteiger partial charge on any atom is 0.331 e. The number of carbonyl (C=O) groups is 1. The van der Waals surface area contributed by atoms with E-state index in [1.165, 1.54) is 29.9 Å². The molecule has 10 atom stereocenters. The van der Waals surface area contributed by atoms with Gasteiger partial charge in [0, 0.05) is 16.9 Å². The Morgan fingerprint density at radius 2 is 1.67 bits per heavy atom. The maximum atomic E-state index is 13.0. The number of hydrogen-bond acceptors (Lipinski definition) is 7. The number of phenols is 2. The predicted molar refractivity (Wildman–Crippen MR) is 173 cm³/mol. The molecule has 7 nitrogen and oxygen atoms in total. The van der Waals surface area contributed by atoms with Crippen molar-refractivity contribution in [2.75, 3.05) is 6.61 Å². The number of esters is 1. The molecule has 0 bridgehead atoms. The fourth-order valence-corrected chi connectivity index (χ4v) is 11.8. The second-order valence-corrected chi connectivity index (χ2v) is 17.3. The molecule has 248 valence electrons. The largest absolute Gasteiger partial charge is 0.504 e. The normalized spacial score (nSPS) is 45.4. The first kappa shape index (κ1) is 32.6. The number of carbonyl (C=O) groups excluding carboxylic acids is 1. The summed E-state index contributed by atoms with van der Waals surface area (Å²) in [6.45, 7) is 13.5. The van der Waals surface area contributed by atoms with Crippen molar-refractivity contribution < 1.29 is 35.1 Å². The van der Waals surface area contributed by atoms with Gasteiger partial charge in [-0.25, -0.2) is 4.79 Å². The third kappa shape index (κ3) is 4.73. The number of ether oxygens (including phenoxy) is 1. The van der Waals surface area contributed by atoms with Crippen molar-refractivity contribution in [1.29, 1.82) is 0 Å². The van der Waals surface area contributed by atoms with Gasteiger partial charge in [0.25, 0.3) is 0 Å². The van der Waals surface area contributed by atoms with Crippen LogP contribution in [0, 0.1) is 44.3 Å². The first-order chi connectivity index (χ1) is 20.9. The molecule has 0 aliphatic heterocycles. The fourth-order valence-electron chi connectivity index (χ4n) is 11.8. The lowest BCUT2D eigenvalue weighted by Crippen LogP contribution is -2.68. The van der Waals surface area contributed by atoms with Crippen LogP contribution in [0.25, 0.3) is 6.08 Å². The van der Waals surface area contributed by atoms with Gasteiger partial charge < -0.3 is 30.3 Å². The molecular formula is C38H54O7. The van der Waals surface area contributed by atoms with Crippen LogP contribution in [-0.4, -0.2) is 56.4 Å². The molecule has 1 spiro atoms. The zero-order valence-electron chi connectivity index (χ0n) is 28.0. The van der Waals surface area contributed by atoms with Crippen LogP contribution in [0.4, 0.5) is 0 Å². The minimum atomic E-state index is -0.945. The third-order valence-electron chi connectivity index (χ3n) is 14.4. The van der Waals surface area contributed by atoms with E-state index >= 15 is 0 Å².